The third-order valence-corrected chi connectivity index (χ3v) is 4.86. The van der Waals surface area contributed by atoms with Crippen LogP contribution in [0.1, 0.15) is 43.5 Å². The van der Waals surface area contributed by atoms with Gasteiger partial charge in [0, 0.05) is 19.0 Å². The molecule has 0 radical (unpaired) electrons. The van der Waals surface area contributed by atoms with Crippen molar-refractivity contribution in [3.8, 4) is 11.5 Å². The first-order valence-corrected chi connectivity index (χ1v) is 8.45. The molecule has 0 N–H and O–H groups in total. The van der Waals surface area contributed by atoms with Gasteiger partial charge in [0.05, 0.1) is 18.6 Å². The summed E-state index contributed by atoms with van der Waals surface area (Å²) < 4.78 is 11.4. The second-order valence-electron chi connectivity index (χ2n) is 6.06. The Morgan fingerprint density at radius 2 is 2.00 bits per heavy atom. The molecule has 0 saturated carbocycles. The summed E-state index contributed by atoms with van der Waals surface area (Å²) in [6.07, 6.45) is 4.84. The van der Waals surface area contributed by atoms with Crippen molar-refractivity contribution in [3.05, 3.63) is 23.8 Å². The van der Waals surface area contributed by atoms with Crippen LogP contribution in [0.2, 0.25) is 0 Å². The van der Waals surface area contributed by atoms with E-state index in [0.29, 0.717) is 12.6 Å². The minimum absolute atomic E-state index is 0.00250. The summed E-state index contributed by atoms with van der Waals surface area (Å²) >= 11 is 6.65. The van der Waals surface area contributed by atoms with Crippen LogP contribution in [0.15, 0.2) is 18.2 Å². The Labute approximate surface area is 132 Å². The lowest BCUT2D eigenvalue weighted by molar-refractivity contribution is 0.161. The van der Waals surface area contributed by atoms with E-state index in [2.05, 4.69) is 17.9 Å². The number of alkyl halides is 1. The van der Waals surface area contributed by atoms with E-state index in [1.54, 1.807) is 0 Å². The normalized spacial score (nSPS) is 24.4. The first-order valence-electron chi connectivity index (χ1n) is 8.02. The summed E-state index contributed by atoms with van der Waals surface area (Å²) in [6, 6.07) is 6.75. The number of benzene rings is 1. The van der Waals surface area contributed by atoms with Gasteiger partial charge in [0.15, 0.2) is 11.5 Å². The molecule has 116 valence electrons. The minimum atomic E-state index is 0.00250. The zero-order chi connectivity index (χ0) is 14.7. The molecule has 1 aromatic rings. The highest BCUT2D eigenvalue weighted by atomic mass is 35.5. The fraction of sp³-hybridized carbons (Fsp3) is 0.647. The summed E-state index contributed by atoms with van der Waals surface area (Å²) in [6.45, 7) is 5.81. The topological polar surface area (TPSA) is 21.7 Å². The number of fused-ring (bicyclic) bond motifs is 1. The molecule has 3 rings (SSSR count). The first kappa shape index (κ1) is 15.0. The van der Waals surface area contributed by atoms with Gasteiger partial charge in [-0.25, -0.2) is 0 Å². The van der Waals surface area contributed by atoms with E-state index in [-0.39, 0.29) is 5.38 Å². The fourth-order valence-electron chi connectivity index (χ4n) is 3.11. The molecular formula is C17H24ClNO2. The standard InChI is InChI=1S/C17H24ClNO2/c1-13-5-2-3-8-19(13)12-15(18)14-6-7-16-17(11-14)21-10-4-9-20-16/h6-7,11,13,15H,2-5,8-10,12H2,1H3. The summed E-state index contributed by atoms with van der Waals surface area (Å²) in [5.74, 6) is 1.67. The lowest BCUT2D eigenvalue weighted by atomic mass is 10.0. The highest BCUT2D eigenvalue weighted by molar-refractivity contribution is 6.21. The largest absolute Gasteiger partial charge is 0.490 e. The van der Waals surface area contributed by atoms with Gasteiger partial charge in [-0.15, -0.1) is 11.6 Å². The SMILES string of the molecule is CC1CCCCN1CC(Cl)c1ccc2c(c1)OCCCO2. The maximum Gasteiger partial charge on any atom is 0.161 e. The van der Waals surface area contributed by atoms with Crippen LogP contribution in [0.3, 0.4) is 0 Å². The Morgan fingerprint density at radius 3 is 2.81 bits per heavy atom. The molecule has 21 heavy (non-hydrogen) atoms. The number of nitrogens with zero attached hydrogens (tertiary/aromatic N) is 1. The lowest BCUT2D eigenvalue weighted by Crippen LogP contribution is -2.39. The predicted molar refractivity (Wildman–Crippen MR) is 85.5 cm³/mol. The second kappa shape index (κ2) is 6.89. The predicted octanol–water partition coefficient (Wildman–Crippen LogP) is 4.00. The van der Waals surface area contributed by atoms with Gasteiger partial charge in [0.2, 0.25) is 0 Å². The number of likely N-dealkylation sites (tertiary alicyclic amines) is 1. The monoisotopic (exact) mass is 309 g/mol. The molecule has 2 aliphatic heterocycles. The molecule has 0 bridgehead atoms. The van der Waals surface area contributed by atoms with E-state index in [1.165, 1.54) is 19.3 Å². The Balaban J connectivity index is 1.69. The van der Waals surface area contributed by atoms with E-state index in [9.17, 15) is 0 Å². The minimum Gasteiger partial charge on any atom is -0.490 e. The van der Waals surface area contributed by atoms with Crippen molar-refractivity contribution in [1.82, 2.24) is 4.90 Å². The summed E-state index contributed by atoms with van der Waals surface area (Å²) in [7, 11) is 0. The first-order chi connectivity index (χ1) is 10.2. The summed E-state index contributed by atoms with van der Waals surface area (Å²) in [4.78, 5) is 2.50. The Morgan fingerprint density at radius 1 is 1.19 bits per heavy atom. The fourth-order valence-corrected chi connectivity index (χ4v) is 3.43. The quantitative estimate of drug-likeness (QED) is 0.788. The van der Waals surface area contributed by atoms with Gasteiger partial charge in [0.25, 0.3) is 0 Å². The van der Waals surface area contributed by atoms with E-state index >= 15 is 0 Å². The number of hydrogen-bond acceptors (Lipinski definition) is 3. The molecule has 2 heterocycles. The third kappa shape index (κ3) is 3.64. The Bertz CT molecular complexity index is 480. The number of hydrogen-bond donors (Lipinski definition) is 0. The Hall–Kier alpha value is -0.930. The average Bonchev–Trinajstić information content (AvgIpc) is 2.74. The van der Waals surface area contributed by atoms with Crippen molar-refractivity contribution in [2.24, 2.45) is 0 Å². The van der Waals surface area contributed by atoms with Crippen LogP contribution >= 0.6 is 11.6 Å². The molecule has 1 aromatic carbocycles. The van der Waals surface area contributed by atoms with Crippen LogP contribution < -0.4 is 9.47 Å². The smallest absolute Gasteiger partial charge is 0.161 e. The van der Waals surface area contributed by atoms with Gasteiger partial charge >= 0.3 is 0 Å². The highest BCUT2D eigenvalue weighted by Gasteiger charge is 2.22. The van der Waals surface area contributed by atoms with Gasteiger partial charge in [-0.1, -0.05) is 12.5 Å². The van der Waals surface area contributed by atoms with Crippen molar-refractivity contribution in [1.29, 1.82) is 0 Å². The molecular weight excluding hydrogens is 286 g/mol. The maximum absolute atomic E-state index is 6.65. The molecule has 0 aromatic heterocycles. The van der Waals surface area contributed by atoms with Gasteiger partial charge < -0.3 is 9.47 Å². The zero-order valence-corrected chi connectivity index (χ0v) is 13.4. The molecule has 1 fully saturated rings. The van der Waals surface area contributed by atoms with E-state index in [1.807, 2.05) is 12.1 Å². The van der Waals surface area contributed by atoms with Crippen molar-refractivity contribution >= 4 is 11.6 Å². The van der Waals surface area contributed by atoms with Crippen molar-refractivity contribution in [3.63, 3.8) is 0 Å². The number of rotatable bonds is 3. The molecule has 3 nitrogen and oxygen atoms in total. The molecule has 0 spiro atoms. The average molecular weight is 310 g/mol. The van der Waals surface area contributed by atoms with Gasteiger partial charge in [-0.3, -0.25) is 4.90 Å². The van der Waals surface area contributed by atoms with E-state index in [4.69, 9.17) is 21.1 Å². The second-order valence-corrected chi connectivity index (χ2v) is 6.59. The third-order valence-electron chi connectivity index (χ3n) is 4.47. The van der Waals surface area contributed by atoms with Crippen LogP contribution in [-0.2, 0) is 0 Å². The van der Waals surface area contributed by atoms with Crippen LogP contribution in [0.5, 0.6) is 11.5 Å². The molecule has 4 heteroatoms. The summed E-state index contributed by atoms with van der Waals surface area (Å²) in [5.41, 5.74) is 1.12. The number of piperidine rings is 1. The van der Waals surface area contributed by atoms with Crippen LogP contribution in [0, 0.1) is 0 Å². The maximum atomic E-state index is 6.65. The number of halogens is 1. The van der Waals surface area contributed by atoms with Gasteiger partial charge in [-0.2, -0.15) is 0 Å². The van der Waals surface area contributed by atoms with Crippen LogP contribution in [0.25, 0.3) is 0 Å². The van der Waals surface area contributed by atoms with Crippen LogP contribution in [0.4, 0.5) is 0 Å². The highest BCUT2D eigenvalue weighted by Crippen LogP contribution is 2.34. The molecule has 0 aliphatic carbocycles. The molecule has 2 aliphatic rings. The van der Waals surface area contributed by atoms with Crippen molar-refractivity contribution in [2.45, 2.75) is 44.0 Å². The number of ether oxygens (including phenoxy) is 2. The van der Waals surface area contributed by atoms with Gasteiger partial charge in [-0.05, 0) is 44.0 Å². The lowest BCUT2D eigenvalue weighted by Gasteiger charge is -2.34. The van der Waals surface area contributed by atoms with Crippen molar-refractivity contribution in [2.75, 3.05) is 26.3 Å². The summed E-state index contributed by atoms with van der Waals surface area (Å²) in [5, 5.41) is 0.00250. The zero-order valence-electron chi connectivity index (χ0n) is 12.7. The van der Waals surface area contributed by atoms with Gasteiger partial charge in [0.1, 0.15) is 0 Å². The molecule has 2 atom stereocenters. The Kier molecular flexibility index (Phi) is 4.91. The van der Waals surface area contributed by atoms with E-state index < -0.39 is 0 Å². The van der Waals surface area contributed by atoms with Crippen molar-refractivity contribution < 1.29 is 9.47 Å². The molecule has 0 amide bonds. The molecule has 2 unspecified atom stereocenters. The molecule has 1 saturated heterocycles. The van der Waals surface area contributed by atoms with Crippen LogP contribution in [-0.4, -0.2) is 37.2 Å². The van der Waals surface area contributed by atoms with E-state index in [0.717, 1.165) is 43.2 Å².